The molecule has 3 aromatic rings. The monoisotopic (exact) mass is 473 g/mol. The zero-order chi connectivity index (χ0) is 24.4. The fraction of sp³-hybridized carbons (Fsp3) is 0.346. The van der Waals surface area contributed by atoms with Crippen LogP contribution in [-0.4, -0.2) is 45.3 Å². The summed E-state index contributed by atoms with van der Waals surface area (Å²) in [5.74, 6) is 1.53. The van der Waals surface area contributed by atoms with Gasteiger partial charge in [-0.2, -0.15) is 4.98 Å². The highest BCUT2D eigenvalue weighted by Crippen LogP contribution is 2.33. The second-order valence-corrected chi connectivity index (χ2v) is 8.95. The van der Waals surface area contributed by atoms with Gasteiger partial charge in [0.25, 0.3) is 11.6 Å². The van der Waals surface area contributed by atoms with E-state index in [1.165, 1.54) is 12.5 Å². The molecule has 180 valence electrons. The minimum atomic E-state index is -0.459. The van der Waals surface area contributed by atoms with Gasteiger partial charge in [-0.15, -0.1) is 0 Å². The highest BCUT2D eigenvalue weighted by molar-refractivity contribution is 5.95. The first-order valence-corrected chi connectivity index (χ1v) is 11.9. The molecule has 0 aliphatic carbocycles. The molecule has 2 aliphatic heterocycles. The molecule has 2 aromatic carbocycles. The Morgan fingerprint density at radius 1 is 1.03 bits per heavy atom. The number of fused-ring (bicyclic) bond motifs is 1. The molecule has 5 rings (SSSR count). The molecule has 0 atom stereocenters. The van der Waals surface area contributed by atoms with Gasteiger partial charge in [0.15, 0.2) is 0 Å². The molecule has 3 heterocycles. The minimum absolute atomic E-state index is 0.0594. The number of nitrogens with zero attached hydrogens (tertiary/aromatic N) is 5. The van der Waals surface area contributed by atoms with Gasteiger partial charge in [0.05, 0.1) is 22.7 Å². The number of aromatic nitrogens is 2. The molecule has 0 saturated carbocycles. The van der Waals surface area contributed by atoms with Crippen LogP contribution in [0.4, 0.5) is 11.6 Å². The van der Waals surface area contributed by atoms with Crippen LogP contribution in [0.2, 0.25) is 0 Å². The number of aryl methyl sites for hydroxylation is 1. The predicted octanol–water partition coefficient (Wildman–Crippen LogP) is 4.67. The summed E-state index contributed by atoms with van der Waals surface area (Å²) in [5, 5.41) is 11.4. The van der Waals surface area contributed by atoms with E-state index in [-0.39, 0.29) is 18.1 Å². The van der Waals surface area contributed by atoms with Crippen LogP contribution in [0.3, 0.4) is 0 Å². The number of nitro groups is 1. The second kappa shape index (κ2) is 9.69. The van der Waals surface area contributed by atoms with Gasteiger partial charge in [0.1, 0.15) is 5.75 Å². The summed E-state index contributed by atoms with van der Waals surface area (Å²) in [6.45, 7) is 4.24. The Bertz CT molecular complexity index is 1260. The average molecular weight is 474 g/mol. The number of piperidine rings is 1. The number of amides is 1. The van der Waals surface area contributed by atoms with Gasteiger partial charge in [-0.1, -0.05) is 24.3 Å². The van der Waals surface area contributed by atoms with Crippen LogP contribution < -0.4 is 9.64 Å². The molecular weight excluding hydrogens is 446 g/mol. The molecule has 1 saturated heterocycles. The van der Waals surface area contributed by atoms with Crippen molar-refractivity contribution in [2.75, 3.05) is 24.5 Å². The third-order valence-electron chi connectivity index (χ3n) is 6.55. The van der Waals surface area contributed by atoms with Crippen LogP contribution in [0.15, 0.2) is 48.5 Å². The Morgan fingerprint density at radius 2 is 1.80 bits per heavy atom. The smallest absolute Gasteiger partial charge is 0.273 e. The fourth-order valence-corrected chi connectivity index (χ4v) is 4.59. The predicted molar refractivity (Wildman–Crippen MR) is 131 cm³/mol. The van der Waals surface area contributed by atoms with E-state index in [4.69, 9.17) is 14.7 Å². The summed E-state index contributed by atoms with van der Waals surface area (Å²) >= 11 is 0. The minimum Gasteiger partial charge on any atom is -0.438 e. The topological polar surface area (TPSA) is 102 Å². The first kappa shape index (κ1) is 22.8. The average Bonchev–Trinajstić information content (AvgIpc) is 2.89. The summed E-state index contributed by atoms with van der Waals surface area (Å²) in [6, 6.07) is 14.0. The maximum Gasteiger partial charge on any atom is 0.273 e. The molecule has 2 aliphatic rings. The third-order valence-corrected chi connectivity index (χ3v) is 6.55. The molecular formula is C26H27N5O4. The highest BCUT2D eigenvalue weighted by Gasteiger charge is 2.29. The molecule has 0 unspecified atom stereocenters. The number of rotatable bonds is 5. The number of hydrogen-bond donors (Lipinski definition) is 0. The Labute approximate surface area is 203 Å². The molecule has 9 nitrogen and oxygen atoms in total. The summed E-state index contributed by atoms with van der Waals surface area (Å²) in [5.41, 5.74) is 2.41. The van der Waals surface area contributed by atoms with Gasteiger partial charge in [-0.05, 0) is 44.4 Å². The van der Waals surface area contributed by atoms with E-state index >= 15 is 0 Å². The van der Waals surface area contributed by atoms with E-state index in [0.29, 0.717) is 41.7 Å². The Hall–Kier alpha value is -4.01. The van der Waals surface area contributed by atoms with E-state index in [1.54, 1.807) is 24.0 Å². The van der Waals surface area contributed by atoms with Crippen molar-refractivity contribution >= 4 is 17.5 Å². The van der Waals surface area contributed by atoms with E-state index in [0.717, 1.165) is 37.2 Å². The SMILES string of the molecule is Cc1ccc(C(=O)N2CCc3nc(N4CCCCC4)nc(Oc4ccccc4)c3C2)cc1[N+](=O)[O-]. The van der Waals surface area contributed by atoms with Gasteiger partial charge in [0, 0.05) is 43.2 Å². The number of para-hydroxylation sites is 1. The zero-order valence-corrected chi connectivity index (χ0v) is 19.6. The van der Waals surface area contributed by atoms with Gasteiger partial charge >= 0.3 is 0 Å². The molecule has 0 N–H and O–H groups in total. The largest absolute Gasteiger partial charge is 0.438 e. The Morgan fingerprint density at radius 3 is 2.54 bits per heavy atom. The molecule has 0 bridgehead atoms. The van der Waals surface area contributed by atoms with E-state index < -0.39 is 4.92 Å². The van der Waals surface area contributed by atoms with Gasteiger partial charge < -0.3 is 14.5 Å². The van der Waals surface area contributed by atoms with Gasteiger partial charge in [-0.3, -0.25) is 14.9 Å². The van der Waals surface area contributed by atoms with Crippen molar-refractivity contribution in [1.82, 2.24) is 14.9 Å². The summed E-state index contributed by atoms with van der Waals surface area (Å²) in [4.78, 5) is 37.7. The fourth-order valence-electron chi connectivity index (χ4n) is 4.59. The molecule has 0 spiro atoms. The number of nitro benzene ring substituents is 1. The van der Waals surface area contributed by atoms with Gasteiger partial charge in [0.2, 0.25) is 11.8 Å². The maximum absolute atomic E-state index is 13.3. The van der Waals surface area contributed by atoms with Crippen molar-refractivity contribution in [3.63, 3.8) is 0 Å². The number of hydrogen-bond acceptors (Lipinski definition) is 7. The highest BCUT2D eigenvalue weighted by atomic mass is 16.6. The van der Waals surface area contributed by atoms with Crippen LogP contribution >= 0.6 is 0 Å². The molecule has 1 aromatic heterocycles. The molecule has 9 heteroatoms. The number of carbonyl (C=O) groups is 1. The van der Waals surface area contributed by atoms with Crippen molar-refractivity contribution in [2.45, 2.75) is 39.2 Å². The van der Waals surface area contributed by atoms with Crippen molar-refractivity contribution in [3.8, 4) is 11.6 Å². The van der Waals surface area contributed by atoms with Gasteiger partial charge in [-0.25, -0.2) is 4.98 Å². The van der Waals surface area contributed by atoms with E-state index in [2.05, 4.69) is 4.90 Å². The molecule has 35 heavy (non-hydrogen) atoms. The molecule has 1 fully saturated rings. The molecule has 0 radical (unpaired) electrons. The van der Waals surface area contributed by atoms with Crippen LogP contribution in [-0.2, 0) is 13.0 Å². The van der Waals surface area contributed by atoms with Crippen LogP contribution in [0.25, 0.3) is 0 Å². The maximum atomic E-state index is 13.3. The van der Waals surface area contributed by atoms with Crippen LogP contribution in [0, 0.1) is 17.0 Å². The lowest BCUT2D eigenvalue weighted by molar-refractivity contribution is -0.385. The number of ether oxygens (including phenoxy) is 1. The standard InChI is InChI=1S/C26H27N5O4/c1-18-10-11-19(16-23(18)31(33)34)25(32)30-15-12-22-21(17-30)24(35-20-8-4-2-5-9-20)28-26(27-22)29-13-6-3-7-14-29/h2,4-5,8-11,16H,3,6-7,12-15,17H2,1H3. The van der Waals surface area contributed by atoms with Crippen molar-refractivity contribution in [1.29, 1.82) is 0 Å². The second-order valence-electron chi connectivity index (χ2n) is 8.95. The third kappa shape index (κ3) is 4.80. The zero-order valence-electron chi connectivity index (χ0n) is 19.6. The summed E-state index contributed by atoms with van der Waals surface area (Å²) in [7, 11) is 0. The lowest BCUT2D eigenvalue weighted by atomic mass is 10.0. The summed E-state index contributed by atoms with van der Waals surface area (Å²) < 4.78 is 6.20. The number of carbonyl (C=O) groups excluding carboxylic acids is 1. The first-order chi connectivity index (χ1) is 17.0. The van der Waals surface area contributed by atoms with E-state index in [1.807, 2.05) is 30.3 Å². The number of benzene rings is 2. The Balaban J connectivity index is 1.47. The quantitative estimate of drug-likeness (QED) is 0.392. The van der Waals surface area contributed by atoms with Crippen molar-refractivity contribution < 1.29 is 14.5 Å². The lowest BCUT2D eigenvalue weighted by Gasteiger charge is -2.32. The summed E-state index contributed by atoms with van der Waals surface area (Å²) in [6.07, 6.45) is 3.99. The molecule has 1 amide bonds. The Kier molecular flexibility index (Phi) is 6.31. The van der Waals surface area contributed by atoms with Crippen LogP contribution in [0.1, 0.15) is 46.4 Å². The normalized spacial score (nSPS) is 15.5. The lowest BCUT2D eigenvalue weighted by Crippen LogP contribution is -2.37. The number of anilines is 1. The van der Waals surface area contributed by atoms with Crippen molar-refractivity contribution in [3.05, 3.63) is 81.0 Å². The van der Waals surface area contributed by atoms with Crippen LogP contribution in [0.5, 0.6) is 11.6 Å². The van der Waals surface area contributed by atoms with Crippen molar-refractivity contribution in [2.24, 2.45) is 0 Å². The van der Waals surface area contributed by atoms with E-state index in [9.17, 15) is 14.9 Å². The first-order valence-electron chi connectivity index (χ1n) is 11.9.